The summed E-state index contributed by atoms with van der Waals surface area (Å²) < 4.78 is 7.36. The highest BCUT2D eigenvalue weighted by Crippen LogP contribution is 2.21. The molecule has 1 unspecified atom stereocenters. The molecule has 0 saturated heterocycles. The number of amides is 1. The molecule has 0 radical (unpaired) electrons. The number of nitrogens with zero attached hydrogens (tertiary/aromatic N) is 2. The predicted molar refractivity (Wildman–Crippen MR) is 94.4 cm³/mol. The second kappa shape index (κ2) is 7.79. The van der Waals surface area contributed by atoms with Crippen molar-refractivity contribution in [2.24, 2.45) is 0 Å². The van der Waals surface area contributed by atoms with Crippen LogP contribution in [0.5, 0.6) is 5.75 Å². The second-order valence-electron chi connectivity index (χ2n) is 5.42. The topological polar surface area (TPSA) is 56.1 Å². The Bertz CT molecular complexity index is 718. The maximum Gasteiger partial charge on any atom is 0.258 e. The molecule has 6 heteroatoms. The predicted octanol–water partition coefficient (Wildman–Crippen LogP) is 3.04. The molecule has 2 heterocycles. The van der Waals surface area contributed by atoms with E-state index in [1.54, 1.807) is 17.5 Å². The van der Waals surface area contributed by atoms with Crippen molar-refractivity contribution in [1.82, 2.24) is 15.1 Å². The van der Waals surface area contributed by atoms with Gasteiger partial charge < -0.3 is 10.1 Å². The van der Waals surface area contributed by atoms with Crippen molar-refractivity contribution in [3.8, 4) is 5.75 Å². The van der Waals surface area contributed by atoms with Gasteiger partial charge in [-0.05, 0) is 36.6 Å². The molecule has 0 aliphatic carbocycles. The van der Waals surface area contributed by atoms with Crippen molar-refractivity contribution in [2.45, 2.75) is 13.0 Å². The van der Waals surface area contributed by atoms with E-state index in [2.05, 4.69) is 10.4 Å². The van der Waals surface area contributed by atoms with Crippen molar-refractivity contribution in [3.05, 3.63) is 70.7 Å². The Morgan fingerprint density at radius 2 is 2.12 bits per heavy atom. The molecular weight excluding hydrogens is 322 g/mol. The Balaban J connectivity index is 1.54. The molecule has 24 heavy (non-hydrogen) atoms. The van der Waals surface area contributed by atoms with Crippen LogP contribution >= 0.6 is 11.3 Å². The number of rotatable bonds is 7. The normalized spacial score (nSPS) is 11.9. The molecule has 0 fully saturated rings. The molecule has 3 rings (SSSR count). The number of aryl methyl sites for hydroxylation is 1. The van der Waals surface area contributed by atoms with E-state index < -0.39 is 0 Å². The fraction of sp³-hybridized carbons (Fsp3) is 0.222. The molecule has 3 aromatic rings. The lowest BCUT2D eigenvalue weighted by Crippen LogP contribution is -2.34. The van der Waals surface area contributed by atoms with E-state index in [1.165, 1.54) is 0 Å². The fourth-order valence-corrected chi connectivity index (χ4v) is 3.14. The summed E-state index contributed by atoms with van der Waals surface area (Å²) in [4.78, 5) is 13.2. The lowest BCUT2D eigenvalue weighted by Gasteiger charge is -2.17. The van der Waals surface area contributed by atoms with E-state index in [0.717, 1.165) is 10.4 Å². The molecule has 0 spiro atoms. The van der Waals surface area contributed by atoms with Crippen LogP contribution in [0.15, 0.2) is 60.2 Å². The molecule has 1 amide bonds. The number of hydrogen-bond donors (Lipinski definition) is 1. The van der Waals surface area contributed by atoms with Gasteiger partial charge in [0.05, 0.1) is 0 Å². The van der Waals surface area contributed by atoms with Crippen LogP contribution in [0, 0.1) is 6.92 Å². The van der Waals surface area contributed by atoms with Crippen molar-refractivity contribution in [1.29, 1.82) is 0 Å². The van der Waals surface area contributed by atoms with Crippen molar-refractivity contribution < 1.29 is 9.53 Å². The molecule has 0 aliphatic heterocycles. The van der Waals surface area contributed by atoms with Crippen molar-refractivity contribution in [2.75, 3.05) is 13.2 Å². The minimum atomic E-state index is -0.149. The molecule has 124 valence electrons. The first-order valence-corrected chi connectivity index (χ1v) is 8.59. The first kappa shape index (κ1) is 16.3. The Hall–Kier alpha value is -2.60. The number of aromatic nitrogens is 2. The molecule has 2 aromatic heterocycles. The molecule has 0 bridgehead atoms. The highest BCUT2D eigenvalue weighted by atomic mass is 32.1. The maximum atomic E-state index is 12.1. The lowest BCUT2D eigenvalue weighted by atomic mass is 10.2. The van der Waals surface area contributed by atoms with Gasteiger partial charge in [0.1, 0.15) is 11.8 Å². The van der Waals surface area contributed by atoms with Crippen LogP contribution < -0.4 is 10.1 Å². The van der Waals surface area contributed by atoms with Gasteiger partial charge in [0.2, 0.25) is 0 Å². The molecule has 1 atom stereocenters. The van der Waals surface area contributed by atoms with E-state index >= 15 is 0 Å². The summed E-state index contributed by atoms with van der Waals surface area (Å²) in [6.07, 6.45) is 3.64. The van der Waals surface area contributed by atoms with E-state index in [4.69, 9.17) is 4.74 Å². The van der Waals surface area contributed by atoms with E-state index in [9.17, 15) is 4.79 Å². The summed E-state index contributed by atoms with van der Waals surface area (Å²) in [6.45, 7) is 2.48. The van der Waals surface area contributed by atoms with Crippen LogP contribution in [-0.4, -0.2) is 28.8 Å². The Morgan fingerprint density at radius 3 is 2.79 bits per heavy atom. The number of benzene rings is 1. The third-order valence-electron chi connectivity index (χ3n) is 3.60. The van der Waals surface area contributed by atoms with Crippen LogP contribution in [0.2, 0.25) is 0 Å². The van der Waals surface area contributed by atoms with Gasteiger partial charge in [-0.15, -0.1) is 11.3 Å². The first-order chi connectivity index (χ1) is 11.7. The molecule has 1 aromatic carbocycles. The SMILES string of the molecule is Cc1ccc(OCC(=O)NCC(c2cccs2)n2cccn2)cc1. The zero-order valence-electron chi connectivity index (χ0n) is 13.4. The van der Waals surface area contributed by atoms with Gasteiger partial charge in [-0.3, -0.25) is 9.48 Å². The smallest absolute Gasteiger partial charge is 0.258 e. The van der Waals surface area contributed by atoms with Crippen molar-refractivity contribution >= 4 is 17.2 Å². The molecule has 0 saturated carbocycles. The monoisotopic (exact) mass is 341 g/mol. The lowest BCUT2D eigenvalue weighted by molar-refractivity contribution is -0.123. The largest absolute Gasteiger partial charge is 0.484 e. The maximum absolute atomic E-state index is 12.1. The summed E-state index contributed by atoms with van der Waals surface area (Å²) >= 11 is 1.65. The van der Waals surface area contributed by atoms with E-state index in [0.29, 0.717) is 12.3 Å². The summed E-state index contributed by atoms with van der Waals surface area (Å²) in [7, 11) is 0. The number of thiophene rings is 1. The number of hydrogen-bond acceptors (Lipinski definition) is 4. The molecule has 5 nitrogen and oxygen atoms in total. The fourth-order valence-electron chi connectivity index (χ4n) is 2.32. The first-order valence-electron chi connectivity index (χ1n) is 7.71. The van der Waals surface area contributed by atoms with Gasteiger partial charge >= 0.3 is 0 Å². The zero-order valence-corrected chi connectivity index (χ0v) is 14.2. The number of carbonyl (C=O) groups excluding carboxylic acids is 1. The highest BCUT2D eigenvalue weighted by molar-refractivity contribution is 7.10. The Morgan fingerprint density at radius 1 is 1.29 bits per heavy atom. The van der Waals surface area contributed by atoms with E-state index in [-0.39, 0.29) is 18.6 Å². The Labute approximate surface area is 144 Å². The quantitative estimate of drug-likeness (QED) is 0.719. The van der Waals surface area contributed by atoms with Crippen LogP contribution in [0.3, 0.4) is 0 Å². The Kier molecular flexibility index (Phi) is 5.28. The average molecular weight is 341 g/mol. The van der Waals surface area contributed by atoms with Gasteiger partial charge in [0, 0.05) is 23.8 Å². The van der Waals surface area contributed by atoms with Gasteiger partial charge in [0.25, 0.3) is 5.91 Å². The van der Waals surface area contributed by atoms with Crippen LogP contribution in [-0.2, 0) is 4.79 Å². The summed E-state index contributed by atoms with van der Waals surface area (Å²) in [5, 5.41) is 9.24. The third-order valence-corrected chi connectivity index (χ3v) is 4.57. The van der Waals surface area contributed by atoms with Gasteiger partial charge in [-0.25, -0.2) is 0 Å². The van der Waals surface area contributed by atoms with Gasteiger partial charge in [0.15, 0.2) is 6.61 Å². The number of ether oxygens (including phenoxy) is 1. The standard InChI is InChI=1S/C18H19N3O2S/c1-14-5-7-15(8-6-14)23-13-18(22)19-12-16(17-4-2-11-24-17)21-10-3-9-20-21/h2-11,16H,12-13H2,1H3,(H,19,22). The highest BCUT2D eigenvalue weighted by Gasteiger charge is 2.16. The average Bonchev–Trinajstić information content (AvgIpc) is 3.29. The summed E-state index contributed by atoms with van der Waals surface area (Å²) in [5.74, 6) is 0.543. The molecular formula is C18H19N3O2S. The van der Waals surface area contributed by atoms with Crippen molar-refractivity contribution in [3.63, 3.8) is 0 Å². The molecule has 0 aliphatic rings. The van der Waals surface area contributed by atoms with Crippen LogP contribution in [0.4, 0.5) is 0 Å². The minimum Gasteiger partial charge on any atom is -0.484 e. The minimum absolute atomic E-state index is 0.000666. The van der Waals surface area contributed by atoms with Gasteiger partial charge in [-0.1, -0.05) is 23.8 Å². The number of nitrogens with one attached hydrogen (secondary N) is 1. The van der Waals surface area contributed by atoms with Crippen LogP contribution in [0.25, 0.3) is 0 Å². The van der Waals surface area contributed by atoms with E-state index in [1.807, 2.05) is 65.6 Å². The van der Waals surface area contributed by atoms with Crippen LogP contribution in [0.1, 0.15) is 16.5 Å². The summed E-state index contributed by atoms with van der Waals surface area (Å²) in [5.41, 5.74) is 1.16. The zero-order chi connectivity index (χ0) is 16.8. The third kappa shape index (κ3) is 4.23. The van der Waals surface area contributed by atoms with Gasteiger partial charge in [-0.2, -0.15) is 5.10 Å². The summed E-state index contributed by atoms with van der Waals surface area (Å²) in [6, 6.07) is 13.5. The second-order valence-corrected chi connectivity index (χ2v) is 6.40. The molecule has 1 N–H and O–H groups in total. The number of carbonyl (C=O) groups is 1.